The lowest BCUT2D eigenvalue weighted by atomic mass is 9.68. The van der Waals surface area contributed by atoms with E-state index in [-0.39, 0.29) is 25.7 Å². The SMILES string of the molecule is COC(=O)C1(c2ccc(OCc3ccccc3)cc2)CCC(F)(F)CC1. The molecular weight excluding hydrogens is 338 g/mol. The first-order chi connectivity index (χ1) is 12.5. The molecule has 0 spiro atoms. The fraction of sp³-hybridized carbons (Fsp3) is 0.381. The van der Waals surface area contributed by atoms with Gasteiger partial charge in [-0.05, 0) is 36.1 Å². The van der Waals surface area contributed by atoms with Crippen molar-refractivity contribution in [3.8, 4) is 5.75 Å². The Morgan fingerprint density at radius 2 is 1.58 bits per heavy atom. The minimum Gasteiger partial charge on any atom is -0.489 e. The van der Waals surface area contributed by atoms with Gasteiger partial charge in [-0.2, -0.15) is 0 Å². The summed E-state index contributed by atoms with van der Waals surface area (Å²) in [5, 5.41) is 0. The van der Waals surface area contributed by atoms with Crippen molar-refractivity contribution >= 4 is 5.97 Å². The number of methoxy groups -OCH3 is 1. The summed E-state index contributed by atoms with van der Waals surface area (Å²) in [4.78, 5) is 12.4. The molecule has 138 valence electrons. The maximum Gasteiger partial charge on any atom is 0.316 e. The van der Waals surface area contributed by atoms with Gasteiger partial charge in [0.25, 0.3) is 0 Å². The van der Waals surface area contributed by atoms with Crippen molar-refractivity contribution in [1.82, 2.24) is 0 Å². The maximum absolute atomic E-state index is 13.6. The lowest BCUT2D eigenvalue weighted by molar-refractivity contribution is -0.152. The maximum atomic E-state index is 13.6. The van der Waals surface area contributed by atoms with Crippen LogP contribution in [0.4, 0.5) is 8.78 Å². The highest BCUT2D eigenvalue weighted by molar-refractivity contribution is 5.83. The van der Waals surface area contributed by atoms with E-state index in [1.807, 2.05) is 30.3 Å². The zero-order valence-electron chi connectivity index (χ0n) is 14.7. The van der Waals surface area contributed by atoms with E-state index in [0.717, 1.165) is 5.56 Å². The Hall–Kier alpha value is -2.43. The highest BCUT2D eigenvalue weighted by atomic mass is 19.3. The normalized spacial score (nSPS) is 18.1. The van der Waals surface area contributed by atoms with Crippen LogP contribution in [0.5, 0.6) is 5.75 Å². The molecule has 0 heterocycles. The van der Waals surface area contributed by atoms with Crippen molar-refractivity contribution in [2.24, 2.45) is 0 Å². The highest BCUT2D eigenvalue weighted by Gasteiger charge is 2.49. The van der Waals surface area contributed by atoms with Crippen LogP contribution in [0.1, 0.15) is 36.8 Å². The van der Waals surface area contributed by atoms with Gasteiger partial charge < -0.3 is 9.47 Å². The number of ether oxygens (including phenoxy) is 2. The Bertz CT molecular complexity index is 732. The molecule has 2 aromatic carbocycles. The smallest absolute Gasteiger partial charge is 0.316 e. The van der Waals surface area contributed by atoms with Crippen molar-refractivity contribution in [2.45, 2.75) is 43.6 Å². The second-order valence-electron chi connectivity index (χ2n) is 6.73. The first kappa shape index (κ1) is 18.4. The molecule has 1 saturated carbocycles. The van der Waals surface area contributed by atoms with E-state index in [0.29, 0.717) is 17.9 Å². The minimum atomic E-state index is -2.71. The van der Waals surface area contributed by atoms with Crippen molar-refractivity contribution in [3.05, 3.63) is 65.7 Å². The molecule has 5 heteroatoms. The van der Waals surface area contributed by atoms with Gasteiger partial charge in [0, 0.05) is 12.8 Å². The molecule has 1 fully saturated rings. The largest absolute Gasteiger partial charge is 0.489 e. The molecule has 0 saturated heterocycles. The number of carbonyl (C=O) groups excluding carboxylic acids is 1. The predicted octanol–water partition coefficient (Wildman–Crippen LogP) is 4.89. The van der Waals surface area contributed by atoms with E-state index < -0.39 is 17.3 Å². The number of hydrogen-bond donors (Lipinski definition) is 0. The second-order valence-corrected chi connectivity index (χ2v) is 6.73. The number of halogens is 2. The lowest BCUT2D eigenvalue weighted by Gasteiger charge is -2.38. The molecule has 2 aromatic rings. The number of alkyl halides is 2. The van der Waals surface area contributed by atoms with Gasteiger partial charge in [0.15, 0.2) is 0 Å². The van der Waals surface area contributed by atoms with Gasteiger partial charge in [-0.3, -0.25) is 4.79 Å². The third-order valence-corrected chi connectivity index (χ3v) is 5.07. The number of rotatable bonds is 5. The lowest BCUT2D eigenvalue weighted by Crippen LogP contribution is -2.43. The van der Waals surface area contributed by atoms with Gasteiger partial charge in [0.2, 0.25) is 5.92 Å². The van der Waals surface area contributed by atoms with Gasteiger partial charge in [-0.1, -0.05) is 42.5 Å². The van der Waals surface area contributed by atoms with Crippen molar-refractivity contribution in [1.29, 1.82) is 0 Å². The summed E-state index contributed by atoms with van der Waals surface area (Å²) in [6.07, 6.45) is -0.462. The molecule has 0 unspecified atom stereocenters. The molecule has 0 atom stereocenters. The Morgan fingerprint density at radius 1 is 0.962 bits per heavy atom. The average molecular weight is 360 g/mol. The van der Waals surface area contributed by atoms with E-state index in [1.54, 1.807) is 24.3 Å². The first-order valence-corrected chi connectivity index (χ1v) is 8.69. The summed E-state index contributed by atoms with van der Waals surface area (Å²) in [6.45, 7) is 0.439. The zero-order chi connectivity index (χ0) is 18.6. The highest BCUT2D eigenvalue weighted by Crippen LogP contribution is 2.46. The van der Waals surface area contributed by atoms with Crippen molar-refractivity contribution in [2.75, 3.05) is 7.11 Å². The van der Waals surface area contributed by atoms with Gasteiger partial charge >= 0.3 is 5.97 Å². The Kier molecular flexibility index (Phi) is 5.25. The molecule has 3 nitrogen and oxygen atoms in total. The fourth-order valence-corrected chi connectivity index (χ4v) is 3.46. The molecule has 0 amide bonds. The van der Waals surface area contributed by atoms with Gasteiger partial charge in [0.05, 0.1) is 12.5 Å². The molecule has 1 aliphatic rings. The van der Waals surface area contributed by atoms with Gasteiger partial charge in [-0.25, -0.2) is 8.78 Å². The van der Waals surface area contributed by atoms with Gasteiger partial charge in [0.1, 0.15) is 12.4 Å². The van der Waals surface area contributed by atoms with E-state index in [4.69, 9.17) is 9.47 Å². The average Bonchev–Trinajstić information content (AvgIpc) is 2.67. The van der Waals surface area contributed by atoms with Crippen LogP contribution in [0.3, 0.4) is 0 Å². The number of carbonyl (C=O) groups is 1. The number of benzene rings is 2. The predicted molar refractivity (Wildman–Crippen MR) is 94.3 cm³/mol. The molecule has 26 heavy (non-hydrogen) atoms. The van der Waals surface area contributed by atoms with Crippen molar-refractivity contribution < 1.29 is 23.0 Å². The Morgan fingerprint density at radius 3 is 2.15 bits per heavy atom. The monoisotopic (exact) mass is 360 g/mol. The number of hydrogen-bond acceptors (Lipinski definition) is 3. The summed E-state index contributed by atoms with van der Waals surface area (Å²) < 4.78 is 37.9. The topological polar surface area (TPSA) is 35.5 Å². The van der Waals surface area contributed by atoms with Crippen LogP contribution in [0.25, 0.3) is 0 Å². The molecule has 3 rings (SSSR count). The van der Waals surface area contributed by atoms with Crippen LogP contribution in [-0.4, -0.2) is 19.0 Å². The van der Waals surface area contributed by atoms with Crippen LogP contribution < -0.4 is 4.74 Å². The molecule has 0 radical (unpaired) electrons. The third kappa shape index (κ3) is 3.87. The Labute approximate surface area is 151 Å². The third-order valence-electron chi connectivity index (χ3n) is 5.07. The van der Waals surface area contributed by atoms with Crippen LogP contribution in [0.15, 0.2) is 54.6 Å². The molecule has 0 bridgehead atoms. The summed E-state index contributed by atoms with van der Waals surface area (Å²) in [7, 11) is 1.30. The summed E-state index contributed by atoms with van der Waals surface area (Å²) >= 11 is 0. The van der Waals surface area contributed by atoms with Crippen LogP contribution in [0.2, 0.25) is 0 Å². The molecule has 0 aromatic heterocycles. The number of esters is 1. The van der Waals surface area contributed by atoms with E-state index in [1.165, 1.54) is 7.11 Å². The molecule has 1 aliphatic carbocycles. The van der Waals surface area contributed by atoms with Crippen LogP contribution >= 0.6 is 0 Å². The quantitative estimate of drug-likeness (QED) is 0.713. The summed E-state index contributed by atoms with van der Waals surface area (Å²) in [6, 6.07) is 16.9. The standard InChI is InChI=1S/C21H22F2O3/c1-25-19(24)20(11-13-21(22,23)14-12-20)17-7-9-18(10-8-17)26-15-16-5-3-2-4-6-16/h2-10H,11-15H2,1H3. The van der Waals surface area contributed by atoms with E-state index in [2.05, 4.69) is 0 Å². The summed E-state index contributed by atoms with van der Waals surface area (Å²) in [5.74, 6) is -2.50. The molecule has 0 aliphatic heterocycles. The fourth-order valence-electron chi connectivity index (χ4n) is 3.46. The van der Waals surface area contributed by atoms with E-state index >= 15 is 0 Å². The van der Waals surface area contributed by atoms with Gasteiger partial charge in [-0.15, -0.1) is 0 Å². The first-order valence-electron chi connectivity index (χ1n) is 8.69. The van der Waals surface area contributed by atoms with Crippen LogP contribution in [-0.2, 0) is 21.6 Å². The second kappa shape index (κ2) is 7.44. The zero-order valence-corrected chi connectivity index (χ0v) is 14.7. The van der Waals surface area contributed by atoms with Crippen molar-refractivity contribution in [3.63, 3.8) is 0 Å². The van der Waals surface area contributed by atoms with Crippen LogP contribution in [0, 0.1) is 0 Å². The molecular formula is C21H22F2O3. The summed E-state index contributed by atoms with van der Waals surface area (Å²) in [5.41, 5.74) is 0.748. The van der Waals surface area contributed by atoms with E-state index in [9.17, 15) is 13.6 Å². The molecule has 0 N–H and O–H groups in total. The Balaban J connectivity index is 1.75. The minimum absolute atomic E-state index is 0.0803.